The lowest BCUT2D eigenvalue weighted by atomic mass is 10.1. The van der Waals surface area contributed by atoms with Crippen LogP contribution in [0, 0.1) is 5.82 Å². The highest BCUT2D eigenvalue weighted by Gasteiger charge is 2.34. The van der Waals surface area contributed by atoms with Crippen LogP contribution < -0.4 is 20.1 Å². The van der Waals surface area contributed by atoms with Crippen molar-refractivity contribution in [3.63, 3.8) is 0 Å². The number of amides is 3. The van der Waals surface area contributed by atoms with E-state index >= 15 is 0 Å². The number of nitrogens with one attached hydrogen (secondary N) is 2. The van der Waals surface area contributed by atoms with Crippen molar-refractivity contribution in [2.45, 2.75) is 25.3 Å². The van der Waals surface area contributed by atoms with Crippen molar-refractivity contribution < 1.29 is 23.5 Å². The fraction of sp³-hybridized carbons (Fsp3) is 0.364. The molecule has 0 unspecified atom stereocenters. The quantitative estimate of drug-likeness (QED) is 0.728. The van der Waals surface area contributed by atoms with Crippen molar-refractivity contribution in [3.05, 3.63) is 53.8 Å². The number of nitrogens with zero attached hydrogens (tertiary/aromatic N) is 1. The number of methoxy groups -OCH3 is 2. The Morgan fingerprint density at radius 3 is 2.53 bits per heavy atom. The summed E-state index contributed by atoms with van der Waals surface area (Å²) in [6, 6.07) is 10.3. The smallest absolute Gasteiger partial charge is 0.322 e. The molecule has 1 aliphatic heterocycles. The third-order valence-electron chi connectivity index (χ3n) is 5.07. The summed E-state index contributed by atoms with van der Waals surface area (Å²) in [5.41, 5.74) is 1.49. The van der Waals surface area contributed by atoms with Gasteiger partial charge in [0.25, 0.3) is 0 Å². The number of ether oxygens (including phenoxy) is 2. The van der Waals surface area contributed by atoms with E-state index in [1.807, 2.05) is 18.2 Å². The Bertz CT molecular complexity index is 888. The van der Waals surface area contributed by atoms with Crippen molar-refractivity contribution >= 4 is 17.6 Å². The fourth-order valence-electron chi connectivity index (χ4n) is 3.49. The Kier molecular flexibility index (Phi) is 7.11. The predicted octanol–water partition coefficient (Wildman–Crippen LogP) is 3.20. The van der Waals surface area contributed by atoms with Crippen LogP contribution in [0.1, 0.15) is 18.4 Å². The number of likely N-dealkylation sites (tertiary alicyclic amines) is 1. The Balaban J connectivity index is 1.53. The minimum atomic E-state index is -0.518. The summed E-state index contributed by atoms with van der Waals surface area (Å²) in [6.07, 6.45) is 1.99. The Morgan fingerprint density at radius 2 is 1.83 bits per heavy atom. The van der Waals surface area contributed by atoms with Crippen LogP contribution in [0.5, 0.6) is 11.5 Å². The number of hydrogen-bond donors (Lipinski definition) is 2. The van der Waals surface area contributed by atoms with Gasteiger partial charge in [-0.05, 0) is 61.2 Å². The molecule has 0 bridgehead atoms. The lowest BCUT2D eigenvalue weighted by Gasteiger charge is -2.24. The monoisotopic (exact) mass is 415 g/mol. The van der Waals surface area contributed by atoms with Crippen LogP contribution in [0.2, 0.25) is 0 Å². The molecule has 3 amide bonds. The number of carbonyl (C=O) groups is 2. The second kappa shape index (κ2) is 9.96. The van der Waals surface area contributed by atoms with Gasteiger partial charge in [-0.3, -0.25) is 4.79 Å². The minimum Gasteiger partial charge on any atom is -0.493 e. The zero-order chi connectivity index (χ0) is 21.5. The molecule has 2 N–H and O–H groups in total. The van der Waals surface area contributed by atoms with Gasteiger partial charge in [-0.1, -0.05) is 6.07 Å². The number of carbonyl (C=O) groups excluding carboxylic acids is 2. The highest BCUT2D eigenvalue weighted by molar-refractivity contribution is 5.94. The first-order valence-electron chi connectivity index (χ1n) is 9.83. The van der Waals surface area contributed by atoms with Crippen LogP contribution in [0.4, 0.5) is 14.9 Å². The van der Waals surface area contributed by atoms with Crippen LogP contribution in [-0.2, 0) is 11.2 Å². The van der Waals surface area contributed by atoms with Gasteiger partial charge in [0.15, 0.2) is 11.5 Å². The van der Waals surface area contributed by atoms with Gasteiger partial charge in [-0.15, -0.1) is 0 Å². The molecule has 8 heteroatoms. The summed E-state index contributed by atoms with van der Waals surface area (Å²) in [4.78, 5) is 26.7. The summed E-state index contributed by atoms with van der Waals surface area (Å²) in [6.45, 7) is 0.943. The zero-order valence-corrected chi connectivity index (χ0v) is 17.1. The van der Waals surface area contributed by atoms with Crippen LogP contribution in [0.15, 0.2) is 42.5 Å². The molecule has 1 saturated heterocycles. The van der Waals surface area contributed by atoms with Gasteiger partial charge in [0.1, 0.15) is 11.9 Å². The molecule has 0 aromatic heterocycles. The highest BCUT2D eigenvalue weighted by atomic mass is 19.1. The van der Waals surface area contributed by atoms with E-state index in [0.29, 0.717) is 43.1 Å². The summed E-state index contributed by atoms with van der Waals surface area (Å²) in [5.74, 6) is 0.739. The van der Waals surface area contributed by atoms with Crippen molar-refractivity contribution in [2.75, 3.05) is 32.6 Å². The molecular weight excluding hydrogens is 389 g/mol. The molecule has 1 aliphatic rings. The molecule has 3 rings (SSSR count). The molecule has 30 heavy (non-hydrogen) atoms. The maximum atomic E-state index is 13.0. The second-order valence-corrected chi connectivity index (χ2v) is 7.02. The SMILES string of the molecule is COc1ccc(CCNC(=O)[C@@H]2CCCN2C(=O)Nc2ccc(F)cc2)cc1OC. The molecule has 7 nitrogen and oxygen atoms in total. The highest BCUT2D eigenvalue weighted by Crippen LogP contribution is 2.27. The van der Waals surface area contributed by atoms with Gasteiger partial charge in [0, 0.05) is 18.8 Å². The standard InChI is InChI=1S/C22H26FN3O4/c1-29-19-10-5-15(14-20(19)30-2)11-12-24-21(27)18-4-3-13-26(18)22(28)25-17-8-6-16(23)7-9-17/h5-10,14,18H,3-4,11-13H2,1-2H3,(H,24,27)(H,25,28)/t18-/m0/s1. The molecule has 0 spiro atoms. The first-order valence-corrected chi connectivity index (χ1v) is 9.83. The van der Waals surface area contributed by atoms with Gasteiger partial charge in [-0.2, -0.15) is 0 Å². The molecule has 160 valence electrons. The number of rotatable bonds is 7. The van der Waals surface area contributed by atoms with Gasteiger partial charge in [0.2, 0.25) is 5.91 Å². The first kappa shape index (κ1) is 21.4. The van der Waals surface area contributed by atoms with Gasteiger partial charge in [-0.25, -0.2) is 9.18 Å². The van der Waals surface area contributed by atoms with Gasteiger partial charge < -0.3 is 25.0 Å². The zero-order valence-electron chi connectivity index (χ0n) is 17.1. The van der Waals surface area contributed by atoms with Crippen LogP contribution in [-0.4, -0.2) is 50.2 Å². The van der Waals surface area contributed by atoms with Gasteiger partial charge in [0.05, 0.1) is 14.2 Å². The van der Waals surface area contributed by atoms with Crippen LogP contribution >= 0.6 is 0 Å². The number of hydrogen-bond acceptors (Lipinski definition) is 4. The first-order chi connectivity index (χ1) is 14.5. The molecule has 2 aromatic rings. The summed E-state index contributed by atoms with van der Waals surface area (Å²) >= 11 is 0. The maximum absolute atomic E-state index is 13.0. The predicted molar refractivity (Wildman–Crippen MR) is 111 cm³/mol. The van der Waals surface area contributed by atoms with Crippen molar-refractivity contribution in [1.29, 1.82) is 0 Å². The Labute approximate surface area is 175 Å². The van der Waals surface area contributed by atoms with Crippen LogP contribution in [0.25, 0.3) is 0 Å². The molecule has 0 radical (unpaired) electrons. The Morgan fingerprint density at radius 1 is 1.10 bits per heavy atom. The lowest BCUT2D eigenvalue weighted by molar-refractivity contribution is -0.124. The third kappa shape index (κ3) is 5.20. The maximum Gasteiger partial charge on any atom is 0.322 e. The van der Waals surface area contributed by atoms with Gasteiger partial charge >= 0.3 is 6.03 Å². The van der Waals surface area contributed by atoms with E-state index in [0.717, 1.165) is 12.0 Å². The third-order valence-corrected chi connectivity index (χ3v) is 5.07. The summed E-state index contributed by atoms with van der Waals surface area (Å²) in [5, 5.41) is 5.63. The van der Waals surface area contributed by atoms with E-state index in [1.165, 1.54) is 29.2 Å². The van der Waals surface area contributed by atoms with E-state index in [-0.39, 0.29) is 17.8 Å². The van der Waals surface area contributed by atoms with Crippen molar-refractivity contribution in [2.24, 2.45) is 0 Å². The topological polar surface area (TPSA) is 79.9 Å². The number of benzene rings is 2. The molecule has 1 atom stereocenters. The van der Waals surface area contributed by atoms with E-state index in [9.17, 15) is 14.0 Å². The van der Waals surface area contributed by atoms with E-state index in [1.54, 1.807) is 14.2 Å². The molecule has 1 heterocycles. The fourth-order valence-corrected chi connectivity index (χ4v) is 3.49. The Hall–Kier alpha value is -3.29. The van der Waals surface area contributed by atoms with E-state index in [4.69, 9.17) is 9.47 Å². The molecular formula is C22H26FN3O4. The normalized spacial score (nSPS) is 15.6. The van der Waals surface area contributed by atoms with E-state index < -0.39 is 6.04 Å². The number of halogens is 1. The lowest BCUT2D eigenvalue weighted by Crippen LogP contribution is -2.47. The van der Waals surface area contributed by atoms with Crippen LogP contribution in [0.3, 0.4) is 0 Å². The van der Waals surface area contributed by atoms with Crippen molar-refractivity contribution in [1.82, 2.24) is 10.2 Å². The number of anilines is 1. The average molecular weight is 415 g/mol. The second-order valence-electron chi connectivity index (χ2n) is 7.02. The summed E-state index contributed by atoms with van der Waals surface area (Å²) < 4.78 is 23.5. The molecule has 1 fully saturated rings. The summed E-state index contributed by atoms with van der Waals surface area (Å²) in [7, 11) is 3.16. The van der Waals surface area contributed by atoms with E-state index in [2.05, 4.69) is 10.6 Å². The molecule has 0 aliphatic carbocycles. The van der Waals surface area contributed by atoms with Crippen molar-refractivity contribution in [3.8, 4) is 11.5 Å². The minimum absolute atomic E-state index is 0.178. The molecule has 0 saturated carbocycles. The molecule has 2 aromatic carbocycles. The largest absolute Gasteiger partial charge is 0.493 e. The average Bonchev–Trinajstić information content (AvgIpc) is 3.25. The number of urea groups is 1.